The fourth-order valence-corrected chi connectivity index (χ4v) is 0.842. The quantitative estimate of drug-likeness (QED) is 0.360. The van der Waals surface area contributed by atoms with Gasteiger partial charge < -0.3 is 5.73 Å². The first kappa shape index (κ1) is 11.1. The Kier molecular flexibility index (Phi) is 4.20. The van der Waals surface area contributed by atoms with Gasteiger partial charge in [0.2, 0.25) is 5.82 Å². The molecule has 0 saturated carbocycles. The molecular weight excluding hydrogens is 198 g/mol. The molecule has 1 rings (SSSR count). The number of unbranched alkanes of at least 4 members (excludes halogenated alkanes) is 1. The molecule has 82 valence electrons. The van der Waals surface area contributed by atoms with Crippen molar-refractivity contribution in [3.8, 4) is 0 Å². The number of hydrogen-bond donors (Lipinski definition) is 3. The number of carbonyl (C=O) groups is 1. The van der Waals surface area contributed by atoms with Crippen LogP contribution in [0.25, 0.3) is 0 Å². The van der Waals surface area contributed by atoms with Gasteiger partial charge in [0, 0.05) is 0 Å². The normalized spacial score (nSPS) is 10.7. The third-order valence-corrected chi connectivity index (χ3v) is 1.62. The van der Waals surface area contributed by atoms with Gasteiger partial charge in [-0.25, -0.2) is 5.43 Å². The molecule has 0 bridgehead atoms. The number of nitrogens with zero attached hydrogens (tertiary/aromatic N) is 4. The lowest BCUT2D eigenvalue weighted by molar-refractivity contribution is 0.0996. The molecule has 15 heavy (non-hydrogen) atoms. The summed E-state index contributed by atoms with van der Waals surface area (Å²) >= 11 is 0. The zero-order valence-corrected chi connectivity index (χ0v) is 8.40. The van der Waals surface area contributed by atoms with E-state index in [-0.39, 0.29) is 11.5 Å². The van der Waals surface area contributed by atoms with Crippen LogP contribution >= 0.6 is 0 Å². The predicted octanol–water partition coefficient (Wildman–Crippen LogP) is 0.483. The first-order chi connectivity index (χ1) is 7.25. The minimum atomic E-state index is -0.671. The third kappa shape index (κ3) is 3.33. The van der Waals surface area contributed by atoms with Gasteiger partial charge in [0.05, 0.1) is 6.54 Å². The highest BCUT2D eigenvalue weighted by Crippen LogP contribution is 2.06. The SMILES string of the molecule is CCCCN=NNc1n[nH]nc1C(N)=O. The van der Waals surface area contributed by atoms with Crippen LogP contribution < -0.4 is 11.2 Å². The van der Waals surface area contributed by atoms with Crippen molar-refractivity contribution in [1.29, 1.82) is 0 Å². The standard InChI is InChI=1S/C7H13N7O/c1-2-3-4-9-13-11-7-5(6(8)15)10-14-12-7/h2-4H2,1H3,(H2,8,15)(H2,9,10,11,12,14). The highest BCUT2D eigenvalue weighted by molar-refractivity contribution is 5.95. The Labute approximate surface area is 86.3 Å². The lowest BCUT2D eigenvalue weighted by Crippen LogP contribution is -2.13. The molecule has 1 aromatic heterocycles. The van der Waals surface area contributed by atoms with Gasteiger partial charge >= 0.3 is 0 Å². The predicted molar refractivity (Wildman–Crippen MR) is 53.2 cm³/mol. The van der Waals surface area contributed by atoms with Crippen molar-refractivity contribution >= 4 is 11.7 Å². The van der Waals surface area contributed by atoms with Gasteiger partial charge in [-0.1, -0.05) is 18.6 Å². The molecule has 1 heterocycles. The van der Waals surface area contributed by atoms with Crippen LogP contribution in [0.3, 0.4) is 0 Å². The van der Waals surface area contributed by atoms with E-state index in [0.29, 0.717) is 6.54 Å². The van der Waals surface area contributed by atoms with Gasteiger partial charge in [-0.05, 0) is 6.42 Å². The zero-order chi connectivity index (χ0) is 11.1. The van der Waals surface area contributed by atoms with Crippen LogP contribution in [0.15, 0.2) is 10.3 Å². The fourth-order valence-electron chi connectivity index (χ4n) is 0.842. The van der Waals surface area contributed by atoms with Crippen LogP contribution in [0.2, 0.25) is 0 Å². The highest BCUT2D eigenvalue weighted by atomic mass is 16.1. The summed E-state index contributed by atoms with van der Waals surface area (Å²) in [5.41, 5.74) is 7.54. The van der Waals surface area contributed by atoms with E-state index in [2.05, 4.69) is 38.1 Å². The lowest BCUT2D eigenvalue weighted by Gasteiger charge is -1.93. The number of rotatable bonds is 6. The molecule has 1 amide bonds. The molecule has 8 heteroatoms. The molecule has 0 unspecified atom stereocenters. The molecule has 0 aromatic carbocycles. The molecule has 0 radical (unpaired) electrons. The average Bonchev–Trinajstić information content (AvgIpc) is 2.66. The van der Waals surface area contributed by atoms with E-state index in [1.54, 1.807) is 0 Å². The number of nitrogens with one attached hydrogen (secondary N) is 2. The molecule has 0 atom stereocenters. The first-order valence-electron chi connectivity index (χ1n) is 4.58. The summed E-state index contributed by atoms with van der Waals surface area (Å²) in [6.07, 6.45) is 2.02. The number of carbonyl (C=O) groups excluding carboxylic acids is 1. The Balaban J connectivity index is 2.46. The molecule has 0 aliphatic carbocycles. The third-order valence-electron chi connectivity index (χ3n) is 1.62. The first-order valence-corrected chi connectivity index (χ1v) is 4.58. The molecule has 0 aliphatic heterocycles. The van der Waals surface area contributed by atoms with Crippen LogP contribution in [0.4, 0.5) is 5.82 Å². The maximum atomic E-state index is 10.8. The van der Waals surface area contributed by atoms with Crippen LogP contribution in [-0.4, -0.2) is 27.9 Å². The Hall–Kier alpha value is -1.99. The van der Waals surface area contributed by atoms with E-state index in [1.165, 1.54) is 0 Å². The fraction of sp³-hybridized carbons (Fsp3) is 0.571. The number of aromatic amines is 1. The highest BCUT2D eigenvalue weighted by Gasteiger charge is 2.11. The summed E-state index contributed by atoms with van der Waals surface area (Å²) in [7, 11) is 0. The zero-order valence-electron chi connectivity index (χ0n) is 8.40. The number of hydrogen-bond acceptors (Lipinski definition) is 5. The van der Waals surface area contributed by atoms with Crippen molar-refractivity contribution < 1.29 is 4.79 Å². The van der Waals surface area contributed by atoms with Crippen molar-refractivity contribution in [2.75, 3.05) is 12.0 Å². The molecular formula is C7H13N7O. The second kappa shape index (κ2) is 5.68. The number of primary amides is 1. The van der Waals surface area contributed by atoms with Crippen LogP contribution in [0, 0.1) is 0 Å². The van der Waals surface area contributed by atoms with Crippen molar-refractivity contribution in [3.63, 3.8) is 0 Å². The summed E-state index contributed by atoms with van der Waals surface area (Å²) in [6, 6.07) is 0. The van der Waals surface area contributed by atoms with E-state index in [0.717, 1.165) is 12.8 Å². The Morgan fingerprint density at radius 3 is 3.07 bits per heavy atom. The number of H-pyrrole nitrogens is 1. The average molecular weight is 211 g/mol. The van der Waals surface area contributed by atoms with Gasteiger partial charge in [0.15, 0.2) is 5.69 Å². The molecule has 0 aliphatic rings. The smallest absolute Gasteiger partial charge is 0.273 e. The van der Waals surface area contributed by atoms with E-state index in [9.17, 15) is 4.79 Å². The summed E-state index contributed by atoms with van der Waals surface area (Å²) in [5, 5.41) is 16.9. The van der Waals surface area contributed by atoms with Crippen molar-refractivity contribution in [2.24, 2.45) is 16.1 Å². The summed E-state index contributed by atoms with van der Waals surface area (Å²) in [4.78, 5) is 10.8. The molecule has 0 fully saturated rings. The number of aromatic nitrogens is 3. The largest absolute Gasteiger partial charge is 0.364 e. The molecule has 4 N–H and O–H groups in total. The Morgan fingerprint density at radius 2 is 2.40 bits per heavy atom. The summed E-state index contributed by atoms with van der Waals surface area (Å²) < 4.78 is 0. The number of anilines is 1. The molecule has 0 spiro atoms. The van der Waals surface area contributed by atoms with E-state index in [4.69, 9.17) is 5.73 Å². The van der Waals surface area contributed by atoms with Crippen molar-refractivity contribution in [2.45, 2.75) is 19.8 Å². The van der Waals surface area contributed by atoms with Gasteiger partial charge in [-0.3, -0.25) is 4.79 Å². The molecule has 1 aromatic rings. The van der Waals surface area contributed by atoms with Gasteiger partial charge in [0.25, 0.3) is 5.91 Å². The second-order valence-electron chi connectivity index (χ2n) is 2.82. The van der Waals surface area contributed by atoms with Crippen molar-refractivity contribution in [1.82, 2.24) is 15.4 Å². The monoisotopic (exact) mass is 211 g/mol. The topological polar surface area (TPSA) is 121 Å². The van der Waals surface area contributed by atoms with Gasteiger partial charge in [0.1, 0.15) is 0 Å². The van der Waals surface area contributed by atoms with Crippen LogP contribution in [0.1, 0.15) is 30.3 Å². The maximum absolute atomic E-state index is 10.8. The second-order valence-corrected chi connectivity index (χ2v) is 2.82. The van der Waals surface area contributed by atoms with Crippen LogP contribution in [-0.2, 0) is 0 Å². The van der Waals surface area contributed by atoms with Gasteiger partial charge in [-0.15, -0.1) is 10.2 Å². The maximum Gasteiger partial charge on any atom is 0.273 e. The van der Waals surface area contributed by atoms with E-state index in [1.807, 2.05) is 0 Å². The Bertz CT molecular complexity index is 345. The van der Waals surface area contributed by atoms with Gasteiger partial charge in [-0.2, -0.15) is 10.3 Å². The summed E-state index contributed by atoms with van der Waals surface area (Å²) in [5.74, 6) is -0.488. The van der Waals surface area contributed by atoms with Crippen LogP contribution in [0.5, 0.6) is 0 Å². The molecule has 8 nitrogen and oxygen atoms in total. The number of nitrogens with two attached hydrogens (primary N) is 1. The van der Waals surface area contributed by atoms with Crippen molar-refractivity contribution in [3.05, 3.63) is 5.69 Å². The number of amides is 1. The lowest BCUT2D eigenvalue weighted by atomic mass is 10.3. The van der Waals surface area contributed by atoms with E-state index >= 15 is 0 Å². The Morgan fingerprint density at radius 1 is 1.60 bits per heavy atom. The minimum Gasteiger partial charge on any atom is -0.364 e. The minimum absolute atomic E-state index is 0.0180. The molecule has 0 saturated heterocycles. The van der Waals surface area contributed by atoms with E-state index < -0.39 is 5.91 Å². The summed E-state index contributed by atoms with van der Waals surface area (Å²) in [6.45, 7) is 2.69.